The lowest BCUT2D eigenvalue weighted by molar-refractivity contribution is 0.132. The zero-order valence-corrected chi connectivity index (χ0v) is 13.0. The van der Waals surface area contributed by atoms with E-state index in [1.807, 2.05) is 25.1 Å². The number of hydrogen-bond acceptors (Lipinski definition) is 5. The van der Waals surface area contributed by atoms with Crippen molar-refractivity contribution >= 4 is 0 Å². The van der Waals surface area contributed by atoms with Crippen LogP contribution in [0.3, 0.4) is 0 Å². The van der Waals surface area contributed by atoms with Gasteiger partial charge in [0.1, 0.15) is 5.54 Å². The Bertz CT molecular complexity index is 521. The number of hydrogen-bond donors (Lipinski definition) is 1. The van der Waals surface area contributed by atoms with Crippen LogP contribution in [0.25, 0.3) is 0 Å². The molecule has 0 spiro atoms. The van der Waals surface area contributed by atoms with E-state index in [1.165, 1.54) is 0 Å². The highest BCUT2D eigenvalue weighted by atomic mass is 16.5. The van der Waals surface area contributed by atoms with Gasteiger partial charge in [-0.05, 0) is 13.0 Å². The number of piperazine rings is 1. The minimum Gasteiger partial charge on any atom is -0.493 e. The first kappa shape index (κ1) is 15.6. The smallest absolute Gasteiger partial charge is 0.163 e. The third-order valence-electron chi connectivity index (χ3n) is 4.07. The van der Waals surface area contributed by atoms with Crippen LogP contribution in [0.1, 0.15) is 12.5 Å². The monoisotopic (exact) mass is 289 g/mol. The average molecular weight is 289 g/mol. The Kier molecular flexibility index (Phi) is 5.05. The minimum absolute atomic E-state index is 0.540. The molecule has 0 bridgehead atoms. The number of methoxy groups -OCH3 is 2. The van der Waals surface area contributed by atoms with Gasteiger partial charge in [-0.1, -0.05) is 12.1 Å². The number of nitrogens with zero attached hydrogens (tertiary/aromatic N) is 2. The Labute approximate surface area is 126 Å². The molecule has 1 aliphatic rings. The van der Waals surface area contributed by atoms with Crippen molar-refractivity contribution in [2.45, 2.75) is 18.9 Å². The van der Waals surface area contributed by atoms with E-state index in [1.54, 1.807) is 14.2 Å². The number of para-hydroxylation sites is 1. The summed E-state index contributed by atoms with van der Waals surface area (Å²) in [7, 11) is 3.26. The molecule has 5 heteroatoms. The second-order valence-corrected chi connectivity index (χ2v) is 5.45. The second-order valence-electron chi connectivity index (χ2n) is 5.45. The standard InChI is InChI=1S/C16H23N3O2/c1-16(12-17,19-9-7-18-8-10-19)11-13-5-4-6-14(20-2)15(13)21-3/h4-6,18H,7-11H2,1-3H3. The summed E-state index contributed by atoms with van der Waals surface area (Å²) in [5.41, 5.74) is 0.460. The molecule has 1 N–H and O–H groups in total. The molecule has 0 saturated carbocycles. The highest BCUT2D eigenvalue weighted by Crippen LogP contribution is 2.34. The van der Waals surface area contributed by atoms with E-state index in [2.05, 4.69) is 16.3 Å². The molecule has 2 rings (SSSR count). The van der Waals surface area contributed by atoms with Gasteiger partial charge in [-0.25, -0.2) is 0 Å². The Morgan fingerprint density at radius 3 is 2.57 bits per heavy atom. The fourth-order valence-electron chi connectivity index (χ4n) is 2.84. The minimum atomic E-state index is -0.540. The lowest BCUT2D eigenvalue weighted by atomic mass is 9.91. The summed E-state index contributed by atoms with van der Waals surface area (Å²) in [5.74, 6) is 1.42. The maximum atomic E-state index is 9.70. The van der Waals surface area contributed by atoms with Gasteiger partial charge in [0.15, 0.2) is 11.5 Å². The number of benzene rings is 1. The van der Waals surface area contributed by atoms with Crippen molar-refractivity contribution in [3.05, 3.63) is 23.8 Å². The zero-order valence-electron chi connectivity index (χ0n) is 13.0. The maximum Gasteiger partial charge on any atom is 0.163 e. The molecule has 0 aliphatic carbocycles. The molecule has 1 fully saturated rings. The van der Waals surface area contributed by atoms with Crippen LogP contribution in [-0.2, 0) is 6.42 Å². The van der Waals surface area contributed by atoms with Gasteiger partial charge in [0.05, 0.1) is 20.3 Å². The van der Waals surface area contributed by atoms with Crippen LogP contribution in [0.2, 0.25) is 0 Å². The fourth-order valence-corrected chi connectivity index (χ4v) is 2.84. The Hall–Kier alpha value is -1.77. The highest BCUT2D eigenvalue weighted by molar-refractivity contribution is 5.47. The summed E-state index contributed by atoms with van der Waals surface area (Å²) in [6.45, 7) is 5.61. The topological polar surface area (TPSA) is 57.5 Å². The zero-order chi connectivity index (χ0) is 15.3. The van der Waals surface area contributed by atoms with Crippen LogP contribution in [0.5, 0.6) is 11.5 Å². The van der Waals surface area contributed by atoms with E-state index in [-0.39, 0.29) is 0 Å². The maximum absolute atomic E-state index is 9.70. The molecule has 114 valence electrons. The van der Waals surface area contributed by atoms with Gasteiger partial charge >= 0.3 is 0 Å². The predicted octanol–water partition coefficient (Wildman–Crippen LogP) is 1.43. The Morgan fingerprint density at radius 1 is 1.29 bits per heavy atom. The molecular formula is C16H23N3O2. The third-order valence-corrected chi connectivity index (χ3v) is 4.07. The SMILES string of the molecule is COc1cccc(CC(C)(C#N)N2CCNCC2)c1OC. The van der Waals surface area contributed by atoms with Crippen molar-refractivity contribution in [3.8, 4) is 17.6 Å². The van der Waals surface area contributed by atoms with Gasteiger partial charge in [-0.3, -0.25) is 4.90 Å². The third kappa shape index (κ3) is 3.29. The molecule has 1 aromatic carbocycles. The van der Waals surface area contributed by atoms with Crippen LogP contribution in [0.4, 0.5) is 0 Å². The van der Waals surface area contributed by atoms with E-state index < -0.39 is 5.54 Å². The first-order chi connectivity index (χ1) is 10.1. The van der Waals surface area contributed by atoms with E-state index in [9.17, 15) is 5.26 Å². The summed E-state index contributed by atoms with van der Waals surface area (Å²) in [4.78, 5) is 2.24. The van der Waals surface area contributed by atoms with Crippen molar-refractivity contribution in [1.82, 2.24) is 10.2 Å². The molecule has 0 aromatic heterocycles. The summed E-state index contributed by atoms with van der Waals surface area (Å²) in [6.07, 6.45) is 0.615. The second kappa shape index (κ2) is 6.79. The van der Waals surface area contributed by atoms with Crippen LogP contribution >= 0.6 is 0 Å². The van der Waals surface area contributed by atoms with Gasteiger partial charge in [0.2, 0.25) is 0 Å². The number of rotatable bonds is 5. The number of nitriles is 1. The van der Waals surface area contributed by atoms with Gasteiger partial charge in [-0.15, -0.1) is 0 Å². The van der Waals surface area contributed by atoms with Gasteiger partial charge in [0, 0.05) is 38.2 Å². The van der Waals surface area contributed by atoms with Crippen molar-refractivity contribution < 1.29 is 9.47 Å². The molecule has 1 atom stereocenters. The molecular weight excluding hydrogens is 266 g/mol. The van der Waals surface area contributed by atoms with E-state index in [0.717, 1.165) is 37.5 Å². The van der Waals surface area contributed by atoms with Gasteiger partial charge < -0.3 is 14.8 Å². The molecule has 0 radical (unpaired) electrons. The summed E-state index contributed by atoms with van der Waals surface area (Å²) >= 11 is 0. The van der Waals surface area contributed by atoms with Crippen molar-refractivity contribution in [2.75, 3.05) is 40.4 Å². The van der Waals surface area contributed by atoms with E-state index >= 15 is 0 Å². The lowest BCUT2D eigenvalue weighted by Gasteiger charge is -2.39. The predicted molar refractivity (Wildman–Crippen MR) is 81.7 cm³/mol. The summed E-state index contributed by atoms with van der Waals surface area (Å²) < 4.78 is 10.8. The van der Waals surface area contributed by atoms with Gasteiger partial charge in [0.25, 0.3) is 0 Å². The molecule has 1 aromatic rings. The summed E-state index contributed by atoms with van der Waals surface area (Å²) in [6, 6.07) is 8.29. The first-order valence-electron chi connectivity index (χ1n) is 7.21. The fraction of sp³-hybridized carbons (Fsp3) is 0.562. The van der Waals surface area contributed by atoms with E-state index in [0.29, 0.717) is 12.2 Å². The van der Waals surface area contributed by atoms with Crippen LogP contribution in [-0.4, -0.2) is 50.8 Å². The van der Waals surface area contributed by atoms with Crippen LogP contribution in [0, 0.1) is 11.3 Å². The first-order valence-corrected chi connectivity index (χ1v) is 7.21. The average Bonchev–Trinajstić information content (AvgIpc) is 2.55. The highest BCUT2D eigenvalue weighted by Gasteiger charge is 2.34. The largest absolute Gasteiger partial charge is 0.493 e. The molecule has 1 saturated heterocycles. The van der Waals surface area contributed by atoms with Crippen molar-refractivity contribution in [1.29, 1.82) is 5.26 Å². The Balaban J connectivity index is 2.28. The van der Waals surface area contributed by atoms with Crippen molar-refractivity contribution in [3.63, 3.8) is 0 Å². The Morgan fingerprint density at radius 2 is 2.00 bits per heavy atom. The molecule has 5 nitrogen and oxygen atoms in total. The van der Waals surface area contributed by atoms with E-state index in [4.69, 9.17) is 9.47 Å². The van der Waals surface area contributed by atoms with Crippen molar-refractivity contribution in [2.24, 2.45) is 0 Å². The lowest BCUT2D eigenvalue weighted by Crippen LogP contribution is -2.55. The van der Waals surface area contributed by atoms with Crippen LogP contribution in [0.15, 0.2) is 18.2 Å². The normalized spacial score (nSPS) is 18.6. The van der Waals surface area contributed by atoms with Gasteiger partial charge in [-0.2, -0.15) is 5.26 Å². The van der Waals surface area contributed by atoms with Crippen LogP contribution < -0.4 is 14.8 Å². The summed E-state index contributed by atoms with van der Waals surface area (Å²) in [5, 5.41) is 13.0. The molecule has 0 amide bonds. The molecule has 1 heterocycles. The molecule has 1 unspecified atom stereocenters. The molecule has 21 heavy (non-hydrogen) atoms. The quantitative estimate of drug-likeness (QED) is 0.889. The molecule has 1 aliphatic heterocycles. The number of nitrogens with one attached hydrogen (secondary N) is 1. The number of ether oxygens (including phenoxy) is 2.